The number of rotatable bonds is 11. The number of unbranched alkanes of at least 4 members (excludes halogenated alkanes) is 4. The maximum atomic E-state index is 6.27. The second-order valence-corrected chi connectivity index (χ2v) is 11.1. The van der Waals surface area contributed by atoms with Gasteiger partial charge >= 0.3 is 0 Å². The second kappa shape index (κ2) is 13.4. The molecule has 3 fully saturated rings. The molecule has 0 N–H and O–H groups in total. The van der Waals surface area contributed by atoms with E-state index < -0.39 is 0 Å². The topological polar surface area (TPSA) is 9.23 Å². The summed E-state index contributed by atoms with van der Waals surface area (Å²) in [7, 11) is 0. The molecule has 0 spiro atoms. The Hall–Kier alpha value is -0.0400. The van der Waals surface area contributed by atoms with E-state index in [9.17, 15) is 0 Å². The molecule has 3 aliphatic rings. The van der Waals surface area contributed by atoms with E-state index in [1.54, 1.807) is 38.5 Å². The Bertz CT molecular complexity index is 403. The van der Waals surface area contributed by atoms with Crippen molar-refractivity contribution in [3.63, 3.8) is 0 Å². The highest BCUT2D eigenvalue weighted by molar-refractivity contribution is 4.86. The van der Waals surface area contributed by atoms with E-state index in [0.717, 1.165) is 36.2 Å². The van der Waals surface area contributed by atoms with Crippen LogP contribution in [0.1, 0.15) is 136 Å². The van der Waals surface area contributed by atoms with Crippen molar-refractivity contribution >= 4 is 0 Å². The number of hydrogen-bond acceptors (Lipinski definition) is 1. The van der Waals surface area contributed by atoms with Gasteiger partial charge in [0.2, 0.25) is 0 Å². The molecule has 0 unspecified atom stereocenters. The van der Waals surface area contributed by atoms with Crippen LogP contribution in [0.4, 0.5) is 0 Å². The van der Waals surface area contributed by atoms with Crippen molar-refractivity contribution < 1.29 is 4.74 Å². The molecule has 0 heterocycles. The van der Waals surface area contributed by atoms with Crippen molar-refractivity contribution in [2.24, 2.45) is 29.6 Å². The Morgan fingerprint density at radius 1 is 0.586 bits per heavy atom. The molecule has 0 aromatic heterocycles. The minimum Gasteiger partial charge on any atom is -0.378 e. The first-order valence-corrected chi connectivity index (χ1v) is 13.9. The summed E-state index contributed by atoms with van der Waals surface area (Å²) in [5, 5.41) is 0. The average Bonchev–Trinajstić information content (AvgIpc) is 2.78. The summed E-state index contributed by atoms with van der Waals surface area (Å²) in [4.78, 5) is 0. The third-order valence-corrected chi connectivity index (χ3v) is 9.03. The van der Waals surface area contributed by atoms with Gasteiger partial charge in [-0.3, -0.25) is 0 Å². The molecule has 170 valence electrons. The van der Waals surface area contributed by atoms with Gasteiger partial charge in [0, 0.05) is 6.61 Å². The van der Waals surface area contributed by atoms with E-state index in [-0.39, 0.29) is 0 Å². The van der Waals surface area contributed by atoms with E-state index in [4.69, 9.17) is 4.74 Å². The minimum atomic E-state index is 0.589. The molecule has 1 heteroatoms. The van der Waals surface area contributed by atoms with Gasteiger partial charge in [0.15, 0.2) is 0 Å². The van der Waals surface area contributed by atoms with Crippen LogP contribution in [0.2, 0.25) is 0 Å². The Balaban J connectivity index is 1.32. The van der Waals surface area contributed by atoms with Crippen LogP contribution in [0.5, 0.6) is 0 Å². The van der Waals surface area contributed by atoms with Crippen molar-refractivity contribution in [2.45, 2.75) is 142 Å². The van der Waals surface area contributed by atoms with Crippen molar-refractivity contribution in [3.8, 4) is 0 Å². The van der Waals surface area contributed by atoms with Crippen LogP contribution >= 0.6 is 0 Å². The largest absolute Gasteiger partial charge is 0.378 e. The van der Waals surface area contributed by atoms with Gasteiger partial charge < -0.3 is 4.74 Å². The Morgan fingerprint density at radius 3 is 1.83 bits per heavy atom. The molecule has 0 amide bonds. The fourth-order valence-electron chi connectivity index (χ4n) is 7.08. The first-order valence-electron chi connectivity index (χ1n) is 13.9. The molecular formula is C28H52O. The maximum Gasteiger partial charge on any atom is 0.0577 e. The lowest BCUT2D eigenvalue weighted by Gasteiger charge is -2.41. The summed E-state index contributed by atoms with van der Waals surface area (Å²) >= 11 is 0. The summed E-state index contributed by atoms with van der Waals surface area (Å²) in [5.74, 6) is 5.24. The molecule has 0 saturated heterocycles. The number of hydrogen-bond donors (Lipinski definition) is 0. The quantitative estimate of drug-likeness (QED) is 0.312. The third-order valence-electron chi connectivity index (χ3n) is 9.03. The zero-order chi connectivity index (χ0) is 20.3. The normalized spacial score (nSPS) is 36.2. The van der Waals surface area contributed by atoms with Crippen molar-refractivity contribution in [1.82, 2.24) is 0 Å². The molecule has 29 heavy (non-hydrogen) atoms. The Labute approximate surface area is 183 Å². The van der Waals surface area contributed by atoms with Gasteiger partial charge in [-0.05, 0) is 93.8 Å². The summed E-state index contributed by atoms with van der Waals surface area (Å²) < 4.78 is 6.27. The molecule has 3 rings (SSSR count). The third kappa shape index (κ3) is 7.86. The zero-order valence-corrected chi connectivity index (χ0v) is 20.0. The molecule has 3 saturated carbocycles. The monoisotopic (exact) mass is 404 g/mol. The van der Waals surface area contributed by atoms with Crippen molar-refractivity contribution in [1.29, 1.82) is 0 Å². The standard InChI is InChI=1S/C28H52O/c1-3-5-7-10-23-13-15-24(16-14-23)25-17-19-26(20-18-25)27-11-9-12-28(22-27)29-21-8-6-4-2/h23-28H,3-22H2,1-2H3/t23-,24-,25?,26?,27-,28+/m0/s1. The maximum absolute atomic E-state index is 6.27. The first-order chi connectivity index (χ1) is 14.3. The molecule has 0 radical (unpaired) electrons. The summed E-state index contributed by atoms with van der Waals surface area (Å²) in [6, 6.07) is 0. The van der Waals surface area contributed by atoms with Crippen LogP contribution in [0.25, 0.3) is 0 Å². The highest BCUT2D eigenvalue weighted by Crippen LogP contribution is 2.46. The molecule has 0 bridgehead atoms. The summed E-state index contributed by atoms with van der Waals surface area (Å²) in [5.41, 5.74) is 0. The van der Waals surface area contributed by atoms with E-state index >= 15 is 0 Å². The average molecular weight is 405 g/mol. The molecule has 1 nitrogen and oxygen atoms in total. The number of ether oxygens (including phenoxy) is 1. The first kappa shape index (κ1) is 23.6. The van der Waals surface area contributed by atoms with E-state index in [0.29, 0.717) is 6.10 Å². The molecule has 0 aliphatic heterocycles. The highest BCUT2D eigenvalue weighted by Gasteiger charge is 2.35. The molecule has 2 atom stereocenters. The van der Waals surface area contributed by atoms with Crippen LogP contribution in [0, 0.1) is 29.6 Å². The minimum absolute atomic E-state index is 0.589. The second-order valence-electron chi connectivity index (χ2n) is 11.1. The molecular weight excluding hydrogens is 352 g/mol. The zero-order valence-electron chi connectivity index (χ0n) is 20.0. The molecule has 3 aliphatic carbocycles. The van der Waals surface area contributed by atoms with E-state index in [1.165, 1.54) is 83.5 Å². The van der Waals surface area contributed by atoms with Crippen LogP contribution in [0.15, 0.2) is 0 Å². The van der Waals surface area contributed by atoms with Crippen molar-refractivity contribution in [3.05, 3.63) is 0 Å². The van der Waals surface area contributed by atoms with Gasteiger partial charge in [-0.15, -0.1) is 0 Å². The Kier molecular flexibility index (Phi) is 10.9. The summed E-state index contributed by atoms with van der Waals surface area (Å²) in [6.07, 6.45) is 28.4. The fraction of sp³-hybridized carbons (Fsp3) is 1.00. The molecule has 0 aromatic carbocycles. The van der Waals surface area contributed by atoms with Crippen LogP contribution < -0.4 is 0 Å². The van der Waals surface area contributed by atoms with Crippen molar-refractivity contribution in [2.75, 3.05) is 6.61 Å². The lowest BCUT2D eigenvalue weighted by molar-refractivity contribution is -0.00533. The van der Waals surface area contributed by atoms with Crippen LogP contribution in [0.3, 0.4) is 0 Å². The predicted octanol–water partition coefficient (Wildman–Crippen LogP) is 8.95. The fourth-order valence-corrected chi connectivity index (χ4v) is 7.08. The lowest BCUT2D eigenvalue weighted by Crippen LogP contribution is -2.32. The van der Waals surface area contributed by atoms with E-state index in [2.05, 4.69) is 13.8 Å². The van der Waals surface area contributed by atoms with Gasteiger partial charge in [0.05, 0.1) is 6.10 Å². The lowest BCUT2D eigenvalue weighted by atomic mass is 9.65. The van der Waals surface area contributed by atoms with Gasteiger partial charge in [-0.2, -0.15) is 0 Å². The van der Waals surface area contributed by atoms with Crippen LogP contribution in [-0.4, -0.2) is 12.7 Å². The predicted molar refractivity (Wildman–Crippen MR) is 126 cm³/mol. The highest BCUT2D eigenvalue weighted by atomic mass is 16.5. The summed E-state index contributed by atoms with van der Waals surface area (Å²) in [6.45, 7) is 5.63. The smallest absolute Gasteiger partial charge is 0.0577 e. The SMILES string of the molecule is CCCCCO[C@@H]1CCC[C@H](C2CCC([C@H]3CC[C@H](CCCCC)CC3)CC2)C1. The van der Waals surface area contributed by atoms with Crippen LogP contribution in [-0.2, 0) is 4.74 Å². The molecule has 0 aromatic rings. The van der Waals surface area contributed by atoms with Gasteiger partial charge in [-0.25, -0.2) is 0 Å². The van der Waals surface area contributed by atoms with Gasteiger partial charge in [0.1, 0.15) is 0 Å². The Morgan fingerprint density at radius 2 is 1.17 bits per heavy atom. The van der Waals surface area contributed by atoms with Gasteiger partial charge in [-0.1, -0.05) is 71.6 Å². The van der Waals surface area contributed by atoms with Gasteiger partial charge in [0.25, 0.3) is 0 Å². The van der Waals surface area contributed by atoms with E-state index in [1.807, 2.05) is 0 Å².